The first-order valence-corrected chi connectivity index (χ1v) is 11.2. The fourth-order valence-electron chi connectivity index (χ4n) is 3.90. The minimum absolute atomic E-state index is 0.0248. The molecule has 8 nitrogen and oxygen atoms in total. The average Bonchev–Trinajstić information content (AvgIpc) is 2.82. The van der Waals surface area contributed by atoms with Crippen LogP contribution in [0.2, 0.25) is 0 Å². The zero-order chi connectivity index (χ0) is 23.4. The number of fused-ring (bicyclic) bond motifs is 2. The number of amides is 1. The van der Waals surface area contributed by atoms with Gasteiger partial charge in [0.05, 0.1) is 5.69 Å². The third kappa shape index (κ3) is 4.76. The number of halogens is 1. The normalized spacial score (nSPS) is 12.6. The first kappa shape index (κ1) is 22.6. The van der Waals surface area contributed by atoms with Crippen molar-refractivity contribution in [2.75, 3.05) is 30.7 Å². The summed E-state index contributed by atoms with van der Waals surface area (Å²) in [6.07, 6.45) is 6.62. The molecule has 4 N–H and O–H groups in total. The number of nitrogens with two attached hydrogens (primary N) is 1. The topological polar surface area (TPSA) is 111 Å². The van der Waals surface area contributed by atoms with Gasteiger partial charge in [-0.05, 0) is 30.4 Å². The van der Waals surface area contributed by atoms with Crippen LogP contribution in [0.1, 0.15) is 38.2 Å². The van der Waals surface area contributed by atoms with E-state index in [0.717, 1.165) is 36.9 Å². The van der Waals surface area contributed by atoms with Gasteiger partial charge in [0.15, 0.2) is 5.82 Å². The second-order valence-electron chi connectivity index (χ2n) is 8.02. The van der Waals surface area contributed by atoms with E-state index in [0.29, 0.717) is 47.5 Å². The number of pyridine rings is 2. The molecular weight excluding hydrogens is 425 g/mol. The lowest BCUT2D eigenvalue weighted by Gasteiger charge is -2.22. The van der Waals surface area contributed by atoms with Gasteiger partial charge in [-0.2, -0.15) is 0 Å². The zero-order valence-electron chi connectivity index (χ0n) is 18.8. The van der Waals surface area contributed by atoms with E-state index in [4.69, 9.17) is 15.2 Å². The van der Waals surface area contributed by atoms with Gasteiger partial charge < -0.3 is 25.8 Å². The van der Waals surface area contributed by atoms with E-state index >= 15 is 4.39 Å². The Morgan fingerprint density at radius 1 is 1.24 bits per heavy atom. The molecule has 33 heavy (non-hydrogen) atoms. The summed E-state index contributed by atoms with van der Waals surface area (Å²) in [7, 11) is 0. The summed E-state index contributed by atoms with van der Waals surface area (Å²) in [4.78, 5) is 20.5. The van der Waals surface area contributed by atoms with Crippen LogP contribution in [-0.2, 0) is 0 Å². The van der Waals surface area contributed by atoms with Crippen LogP contribution in [0.3, 0.4) is 0 Å². The number of hydrogen-bond acceptors (Lipinski definition) is 7. The van der Waals surface area contributed by atoms with Gasteiger partial charge in [-0.15, -0.1) is 0 Å². The van der Waals surface area contributed by atoms with E-state index in [1.165, 1.54) is 6.20 Å². The standard InChI is InChI=1S/C24H28FN5O3/c1-3-4-5-6-7-28-24(31)33-19-11-15-10-16(20(25)21(26)18(15)13-29-19)17-12-30-23-22(14(17)2)27-8-9-32-23/h10-13,27H,3-9,26H2,1-2H3,(H,28,31). The molecule has 2 aromatic heterocycles. The van der Waals surface area contributed by atoms with E-state index in [2.05, 4.69) is 27.5 Å². The fraction of sp³-hybridized carbons (Fsp3) is 0.375. The molecule has 1 aliphatic heterocycles. The summed E-state index contributed by atoms with van der Waals surface area (Å²) in [6.45, 7) is 5.72. The van der Waals surface area contributed by atoms with Crippen molar-refractivity contribution in [3.8, 4) is 22.9 Å². The molecule has 0 atom stereocenters. The summed E-state index contributed by atoms with van der Waals surface area (Å²) in [5, 5.41) is 7.02. The van der Waals surface area contributed by atoms with Crippen molar-refractivity contribution in [1.29, 1.82) is 0 Å². The number of nitrogen functional groups attached to an aromatic ring is 1. The van der Waals surface area contributed by atoms with Crippen LogP contribution in [0.5, 0.6) is 11.8 Å². The molecule has 0 saturated carbocycles. The molecule has 0 saturated heterocycles. The minimum atomic E-state index is -0.575. The van der Waals surface area contributed by atoms with Crippen LogP contribution in [0.4, 0.5) is 20.6 Å². The van der Waals surface area contributed by atoms with Gasteiger partial charge in [-0.3, -0.25) is 0 Å². The molecule has 0 bridgehead atoms. The molecule has 9 heteroatoms. The van der Waals surface area contributed by atoms with Crippen LogP contribution in [0, 0.1) is 12.7 Å². The highest BCUT2D eigenvalue weighted by atomic mass is 19.1. The maximum Gasteiger partial charge on any atom is 0.413 e. The summed E-state index contributed by atoms with van der Waals surface area (Å²) in [5.41, 5.74) is 8.54. The fourth-order valence-corrected chi connectivity index (χ4v) is 3.90. The Morgan fingerprint density at radius 2 is 2.09 bits per heavy atom. The van der Waals surface area contributed by atoms with Gasteiger partial charge in [0.25, 0.3) is 0 Å². The summed E-state index contributed by atoms with van der Waals surface area (Å²) in [5.74, 6) is 0.0579. The molecule has 0 unspecified atom stereocenters. The highest BCUT2D eigenvalue weighted by Gasteiger charge is 2.21. The van der Waals surface area contributed by atoms with Gasteiger partial charge in [0.2, 0.25) is 11.8 Å². The molecule has 174 valence electrons. The number of ether oxygens (including phenoxy) is 2. The Bertz CT molecular complexity index is 1180. The number of nitrogens with zero attached hydrogens (tertiary/aromatic N) is 2. The monoisotopic (exact) mass is 453 g/mol. The lowest BCUT2D eigenvalue weighted by Crippen LogP contribution is -2.28. The predicted octanol–water partition coefficient (Wildman–Crippen LogP) is 4.80. The first-order chi connectivity index (χ1) is 16.0. The Kier molecular flexibility index (Phi) is 6.76. The predicted molar refractivity (Wildman–Crippen MR) is 126 cm³/mol. The Balaban J connectivity index is 1.61. The van der Waals surface area contributed by atoms with Gasteiger partial charge in [0.1, 0.15) is 12.3 Å². The number of benzene rings is 1. The van der Waals surface area contributed by atoms with Crippen molar-refractivity contribution in [1.82, 2.24) is 15.3 Å². The van der Waals surface area contributed by atoms with Crippen LogP contribution in [0.15, 0.2) is 24.5 Å². The largest absolute Gasteiger partial charge is 0.474 e. The van der Waals surface area contributed by atoms with Crippen molar-refractivity contribution in [2.24, 2.45) is 0 Å². The molecule has 0 fully saturated rings. The second kappa shape index (κ2) is 9.89. The Labute approximate surface area is 191 Å². The highest BCUT2D eigenvalue weighted by Crippen LogP contribution is 2.39. The van der Waals surface area contributed by atoms with Crippen molar-refractivity contribution < 1.29 is 18.7 Å². The van der Waals surface area contributed by atoms with Gasteiger partial charge in [-0.1, -0.05) is 26.2 Å². The molecule has 3 heterocycles. The molecule has 1 aliphatic rings. The van der Waals surface area contributed by atoms with Crippen molar-refractivity contribution in [3.63, 3.8) is 0 Å². The van der Waals surface area contributed by atoms with E-state index in [1.807, 2.05) is 6.92 Å². The van der Waals surface area contributed by atoms with Crippen LogP contribution in [-0.4, -0.2) is 35.8 Å². The van der Waals surface area contributed by atoms with Gasteiger partial charge >= 0.3 is 6.09 Å². The zero-order valence-corrected chi connectivity index (χ0v) is 18.8. The smallest absolute Gasteiger partial charge is 0.413 e. The minimum Gasteiger partial charge on any atom is -0.474 e. The summed E-state index contributed by atoms with van der Waals surface area (Å²) in [6, 6.07) is 3.24. The number of rotatable bonds is 7. The first-order valence-electron chi connectivity index (χ1n) is 11.2. The van der Waals surface area contributed by atoms with Crippen LogP contribution >= 0.6 is 0 Å². The van der Waals surface area contributed by atoms with E-state index in [1.54, 1.807) is 18.3 Å². The number of anilines is 2. The third-order valence-corrected chi connectivity index (χ3v) is 5.71. The number of hydrogen-bond donors (Lipinski definition) is 3. The van der Waals surface area contributed by atoms with E-state index < -0.39 is 11.9 Å². The summed E-state index contributed by atoms with van der Waals surface area (Å²) < 4.78 is 26.1. The number of carbonyl (C=O) groups is 1. The molecule has 3 aromatic rings. The Morgan fingerprint density at radius 3 is 2.91 bits per heavy atom. The lowest BCUT2D eigenvalue weighted by atomic mass is 9.97. The van der Waals surface area contributed by atoms with Crippen molar-refractivity contribution in [2.45, 2.75) is 39.5 Å². The van der Waals surface area contributed by atoms with Crippen LogP contribution in [0.25, 0.3) is 21.9 Å². The number of aromatic nitrogens is 2. The van der Waals surface area contributed by atoms with E-state index in [9.17, 15) is 4.79 Å². The number of nitrogens with one attached hydrogen (secondary N) is 2. The van der Waals surface area contributed by atoms with Gasteiger partial charge in [-0.25, -0.2) is 19.2 Å². The second-order valence-corrected chi connectivity index (χ2v) is 8.02. The highest BCUT2D eigenvalue weighted by molar-refractivity contribution is 5.98. The maximum absolute atomic E-state index is 15.2. The SMILES string of the molecule is CCCCCCNC(=O)Oc1cc2cc(-c3cnc4c(c3C)NCCO4)c(F)c(N)c2cn1. The van der Waals surface area contributed by atoms with Crippen molar-refractivity contribution in [3.05, 3.63) is 35.9 Å². The Hall–Kier alpha value is -3.62. The number of carbonyl (C=O) groups excluding carboxylic acids is 1. The quantitative estimate of drug-likeness (QED) is 0.348. The molecule has 1 amide bonds. The van der Waals surface area contributed by atoms with Crippen molar-refractivity contribution >= 4 is 28.2 Å². The molecule has 1 aromatic carbocycles. The molecule has 0 radical (unpaired) electrons. The van der Waals surface area contributed by atoms with E-state index in [-0.39, 0.29) is 11.6 Å². The molecule has 4 rings (SSSR count). The average molecular weight is 454 g/mol. The lowest BCUT2D eigenvalue weighted by molar-refractivity contribution is 0.198. The third-order valence-electron chi connectivity index (χ3n) is 5.71. The number of unbranched alkanes of at least 4 members (excludes halogenated alkanes) is 3. The molecular formula is C24H28FN5O3. The van der Waals surface area contributed by atoms with Crippen LogP contribution < -0.4 is 25.8 Å². The molecule has 0 spiro atoms. The summed E-state index contributed by atoms with van der Waals surface area (Å²) >= 11 is 0. The molecule has 0 aliphatic carbocycles. The van der Waals surface area contributed by atoms with Gasteiger partial charge in [0, 0.05) is 48.1 Å². The maximum atomic E-state index is 15.2.